The van der Waals surface area contributed by atoms with Crippen LogP contribution in [0.1, 0.15) is 31.1 Å². The first kappa shape index (κ1) is 20.3. The second-order valence-electron chi connectivity index (χ2n) is 7.43. The number of rotatable bonds is 8. The first-order valence-corrected chi connectivity index (χ1v) is 11.7. The molecule has 2 aromatic carbocycles. The molecule has 1 N–H and O–H groups in total. The van der Waals surface area contributed by atoms with Crippen LogP contribution < -0.4 is 10.9 Å². The number of para-hydroxylation sites is 1. The molecule has 0 atom stereocenters. The second-order valence-corrected chi connectivity index (χ2v) is 9.54. The van der Waals surface area contributed by atoms with Crippen molar-refractivity contribution in [3.8, 4) is 0 Å². The predicted octanol–water partition coefficient (Wildman–Crippen LogP) is 2.25. The van der Waals surface area contributed by atoms with Crippen molar-refractivity contribution in [2.24, 2.45) is 0 Å². The molecule has 30 heavy (non-hydrogen) atoms. The zero-order valence-electron chi connectivity index (χ0n) is 16.5. The molecule has 0 saturated heterocycles. The number of nitrogens with zero attached hydrogens (tertiary/aromatic N) is 2. The molecule has 1 saturated carbocycles. The standard InChI is InChI=1S/C22H23N3O4S/c26-21(23-14-15-30(28,29)17-6-2-1-3-7-17)13-12-20-24-19-9-5-4-8-18(19)22(27)25(20)16-10-11-16/h1-9,16H,10-15H2,(H,23,26). The number of aryl methyl sites for hydroxylation is 1. The molecule has 3 aromatic rings. The van der Waals surface area contributed by atoms with Crippen LogP contribution in [0.3, 0.4) is 0 Å². The summed E-state index contributed by atoms with van der Waals surface area (Å²) in [4.78, 5) is 30.0. The van der Waals surface area contributed by atoms with Crippen LogP contribution in [0.2, 0.25) is 0 Å². The van der Waals surface area contributed by atoms with E-state index in [2.05, 4.69) is 10.3 Å². The normalized spacial score (nSPS) is 14.0. The number of sulfone groups is 1. The molecule has 0 spiro atoms. The maximum atomic E-state index is 12.8. The average molecular weight is 426 g/mol. The van der Waals surface area contributed by atoms with Gasteiger partial charge < -0.3 is 5.32 Å². The highest BCUT2D eigenvalue weighted by Crippen LogP contribution is 2.34. The lowest BCUT2D eigenvalue weighted by molar-refractivity contribution is -0.120. The van der Waals surface area contributed by atoms with E-state index in [9.17, 15) is 18.0 Å². The fraction of sp³-hybridized carbons (Fsp3) is 0.318. The lowest BCUT2D eigenvalue weighted by Crippen LogP contribution is -2.30. The van der Waals surface area contributed by atoms with Crippen molar-refractivity contribution < 1.29 is 13.2 Å². The van der Waals surface area contributed by atoms with Crippen molar-refractivity contribution in [1.82, 2.24) is 14.9 Å². The molecule has 8 heteroatoms. The maximum Gasteiger partial charge on any atom is 0.261 e. The molecule has 0 bridgehead atoms. The average Bonchev–Trinajstić information content (AvgIpc) is 3.58. The van der Waals surface area contributed by atoms with Gasteiger partial charge in [-0.25, -0.2) is 13.4 Å². The van der Waals surface area contributed by atoms with Gasteiger partial charge in [-0.15, -0.1) is 0 Å². The highest BCUT2D eigenvalue weighted by Gasteiger charge is 2.28. The first-order valence-electron chi connectivity index (χ1n) is 10.0. The minimum Gasteiger partial charge on any atom is -0.355 e. The largest absolute Gasteiger partial charge is 0.355 e. The van der Waals surface area contributed by atoms with Gasteiger partial charge in [0.05, 0.1) is 21.6 Å². The predicted molar refractivity (Wildman–Crippen MR) is 114 cm³/mol. The summed E-state index contributed by atoms with van der Waals surface area (Å²) in [5, 5.41) is 3.25. The highest BCUT2D eigenvalue weighted by atomic mass is 32.2. The van der Waals surface area contributed by atoms with Crippen LogP contribution >= 0.6 is 0 Å². The van der Waals surface area contributed by atoms with Crippen molar-refractivity contribution in [2.75, 3.05) is 12.3 Å². The van der Waals surface area contributed by atoms with Gasteiger partial charge in [-0.1, -0.05) is 30.3 Å². The molecule has 7 nitrogen and oxygen atoms in total. The van der Waals surface area contributed by atoms with E-state index in [-0.39, 0.29) is 41.1 Å². The third-order valence-electron chi connectivity index (χ3n) is 5.16. The van der Waals surface area contributed by atoms with Gasteiger partial charge in [-0.2, -0.15) is 0 Å². The summed E-state index contributed by atoms with van der Waals surface area (Å²) in [6.45, 7) is 0.0383. The van der Waals surface area contributed by atoms with Gasteiger partial charge in [-0.3, -0.25) is 14.2 Å². The number of carbonyl (C=O) groups is 1. The van der Waals surface area contributed by atoms with Crippen LogP contribution in [-0.4, -0.2) is 36.2 Å². The number of hydrogen-bond donors (Lipinski definition) is 1. The summed E-state index contributed by atoms with van der Waals surface area (Å²) in [5.74, 6) is 0.181. The maximum absolute atomic E-state index is 12.8. The Hall–Kier alpha value is -3.00. The number of amides is 1. The number of carbonyl (C=O) groups excluding carboxylic acids is 1. The van der Waals surface area contributed by atoms with Crippen LogP contribution in [0.5, 0.6) is 0 Å². The van der Waals surface area contributed by atoms with Gasteiger partial charge in [0.1, 0.15) is 5.82 Å². The highest BCUT2D eigenvalue weighted by molar-refractivity contribution is 7.91. The molecule has 1 aliphatic rings. The molecule has 0 unspecified atom stereocenters. The van der Waals surface area contributed by atoms with Crippen molar-refractivity contribution in [3.05, 3.63) is 70.8 Å². The fourth-order valence-corrected chi connectivity index (χ4v) is 4.64. The fourth-order valence-electron chi connectivity index (χ4n) is 3.46. The van der Waals surface area contributed by atoms with E-state index in [1.807, 2.05) is 12.1 Å². The zero-order valence-corrected chi connectivity index (χ0v) is 17.3. The van der Waals surface area contributed by atoms with E-state index in [0.717, 1.165) is 12.8 Å². The molecule has 4 rings (SSSR count). The molecular formula is C22H23N3O4S. The molecule has 1 heterocycles. The summed E-state index contributed by atoms with van der Waals surface area (Å²) >= 11 is 0. The minimum atomic E-state index is -3.44. The monoisotopic (exact) mass is 425 g/mol. The van der Waals surface area contributed by atoms with Gasteiger partial charge >= 0.3 is 0 Å². The van der Waals surface area contributed by atoms with Crippen molar-refractivity contribution in [2.45, 2.75) is 36.6 Å². The Morgan fingerprint density at radius 3 is 2.50 bits per heavy atom. The third-order valence-corrected chi connectivity index (χ3v) is 6.90. The molecule has 0 aliphatic heterocycles. The number of nitrogens with one attached hydrogen (secondary N) is 1. The van der Waals surface area contributed by atoms with Gasteiger partial charge in [-0.05, 0) is 37.1 Å². The van der Waals surface area contributed by atoms with Crippen LogP contribution in [0.25, 0.3) is 10.9 Å². The topological polar surface area (TPSA) is 98.1 Å². The van der Waals surface area contributed by atoms with E-state index in [0.29, 0.717) is 23.1 Å². The molecule has 1 aromatic heterocycles. The van der Waals surface area contributed by atoms with Crippen LogP contribution in [0.4, 0.5) is 0 Å². The Balaban J connectivity index is 1.39. The Bertz CT molecular complexity index is 1230. The number of hydrogen-bond acceptors (Lipinski definition) is 5. The summed E-state index contributed by atoms with van der Waals surface area (Å²) in [5.41, 5.74) is 0.566. The lowest BCUT2D eigenvalue weighted by atomic mass is 10.2. The smallest absolute Gasteiger partial charge is 0.261 e. The van der Waals surface area contributed by atoms with Crippen LogP contribution in [0.15, 0.2) is 64.3 Å². The SMILES string of the molecule is O=C(CCc1nc2ccccc2c(=O)n1C1CC1)NCCS(=O)(=O)c1ccccc1. The Morgan fingerprint density at radius 2 is 1.77 bits per heavy atom. The molecule has 1 fully saturated rings. The third kappa shape index (κ3) is 4.43. The van der Waals surface area contributed by atoms with E-state index in [1.54, 1.807) is 47.0 Å². The van der Waals surface area contributed by atoms with Gasteiger partial charge in [0.25, 0.3) is 5.56 Å². The van der Waals surface area contributed by atoms with E-state index < -0.39 is 9.84 Å². The molecule has 1 amide bonds. The lowest BCUT2D eigenvalue weighted by Gasteiger charge is -2.13. The summed E-state index contributed by atoms with van der Waals surface area (Å²) < 4.78 is 26.3. The number of fused-ring (bicyclic) bond motifs is 1. The molecular weight excluding hydrogens is 402 g/mol. The van der Waals surface area contributed by atoms with Crippen molar-refractivity contribution in [1.29, 1.82) is 0 Å². The van der Waals surface area contributed by atoms with E-state index in [1.165, 1.54) is 0 Å². The summed E-state index contributed by atoms with van der Waals surface area (Å²) in [7, 11) is -3.44. The number of benzene rings is 2. The Labute approximate surface area is 174 Å². The van der Waals surface area contributed by atoms with Crippen LogP contribution in [-0.2, 0) is 21.1 Å². The Kier molecular flexibility index (Phi) is 5.67. The summed E-state index contributed by atoms with van der Waals surface area (Å²) in [6, 6.07) is 15.5. The summed E-state index contributed by atoms with van der Waals surface area (Å²) in [6.07, 6.45) is 2.35. The quantitative estimate of drug-likeness (QED) is 0.597. The van der Waals surface area contributed by atoms with E-state index >= 15 is 0 Å². The van der Waals surface area contributed by atoms with Gasteiger partial charge in [0.2, 0.25) is 5.91 Å². The van der Waals surface area contributed by atoms with Crippen molar-refractivity contribution >= 4 is 26.6 Å². The molecule has 1 aliphatic carbocycles. The molecule has 156 valence electrons. The van der Waals surface area contributed by atoms with Crippen LogP contribution in [0, 0.1) is 0 Å². The van der Waals surface area contributed by atoms with Gasteiger partial charge in [0.15, 0.2) is 9.84 Å². The first-order chi connectivity index (χ1) is 14.5. The van der Waals surface area contributed by atoms with Crippen molar-refractivity contribution in [3.63, 3.8) is 0 Å². The minimum absolute atomic E-state index is 0.0383. The Morgan fingerprint density at radius 1 is 1.07 bits per heavy atom. The number of aromatic nitrogens is 2. The molecule has 0 radical (unpaired) electrons. The van der Waals surface area contributed by atoms with E-state index in [4.69, 9.17) is 0 Å². The second kappa shape index (κ2) is 8.39. The van der Waals surface area contributed by atoms with Gasteiger partial charge in [0, 0.05) is 25.4 Å². The zero-order chi connectivity index (χ0) is 21.1.